The molecule has 1 atom stereocenters. The lowest BCUT2D eigenvalue weighted by atomic mass is 10.1. The number of guanidine groups is 1. The van der Waals surface area contributed by atoms with E-state index in [1.807, 2.05) is 12.5 Å². The van der Waals surface area contributed by atoms with Crippen LogP contribution >= 0.6 is 0 Å². The Bertz CT molecular complexity index is 1030. The van der Waals surface area contributed by atoms with Crippen molar-refractivity contribution >= 4 is 5.96 Å². The Kier molecular flexibility index (Phi) is 7.98. The number of aromatic nitrogens is 2. The van der Waals surface area contributed by atoms with Crippen LogP contribution in [0.25, 0.3) is 0 Å². The average molecular weight is 448 g/mol. The minimum atomic E-state index is 0.479. The first-order chi connectivity index (χ1) is 16.2. The van der Waals surface area contributed by atoms with Crippen molar-refractivity contribution in [2.24, 2.45) is 10.9 Å². The first-order valence-electron chi connectivity index (χ1n) is 11.5. The molecule has 7 nitrogen and oxygen atoms in total. The van der Waals surface area contributed by atoms with E-state index in [0.29, 0.717) is 25.6 Å². The SMILES string of the molecule is CN=C(NCc1ccc(Cn2ccnc2)cc1)NCc1ccc(C)cc1OCC1CCOC1. The Morgan fingerprint density at radius 2 is 1.97 bits per heavy atom. The first-order valence-corrected chi connectivity index (χ1v) is 11.5. The molecule has 2 heterocycles. The summed E-state index contributed by atoms with van der Waals surface area (Å²) in [6.07, 6.45) is 6.67. The Balaban J connectivity index is 1.28. The molecular formula is C26H33N5O2. The summed E-state index contributed by atoms with van der Waals surface area (Å²) in [5, 5.41) is 6.80. The normalized spacial score (nSPS) is 16.1. The van der Waals surface area contributed by atoms with E-state index in [-0.39, 0.29) is 0 Å². The van der Waals surface area contributed by atoms with Gasteiger partial charge in [0, 0.05) is 57.2 Å². The number of benzene rings is 2. The van der Waals surface area contributed by atoms with Crippen molar-refractivity contribution in [3.8, 4) is 5.75 Å². The maximum absolute atomic E-state index is 6.16. The van der Waals surface area contributed by atoms with Crippen LogP contribution in [0.5, 0.6) is 5.75 Å². The smallest absolute Gasteiger partial charge is 0.191 e. The summed E-state index contributed by atoms with van der Waals surface area (Å²) in [7, 11) is 1.79. The molecule has 1 saturated heterocycles. The largest absolute Gasteiger partial charge is 0.493 e. The number of nitrogens with one attached hydrogen (secondary N) is 2. The topological polar surface area (TPSA) is 72.7 Å². The Morgan fingerprint density at radius 3 is 2.70 bits per heavy atom. The molecule has 0 saturated carbocycles. The summed E-state index contributed by atoms with van der Waals surface area (Å²) < 4.78 is 13.7. The number of aliphatic imine (C=N–C) groups is 1. The van der Waals surface area contributed by atoms with Gasteiger partial charge in [0.2, 0.25) is 0 Å². The van der Waals surface area contributed by atoms with Gasteiger partial charge in [-0.3, -0.25) is 4.99 Å². The molecule has 1 aliphatic heterocycles. The van der Waals surface area contributed by atoms with E-state index in [9.17, 15) is 0 Å². The third-order valence-corrected chi connectivity index (χ3v) is 5.80. The minimum Gasteiger partial charge on any atom is -0.493 e. The Morgan fingerprint density at radius 1 is 1.15 bits per heavy atom. The van der Waals surface area contributed by atoms with Crippen LogP contribution in [0.3, 0.4) is 0 Å². The molecule has 2 N–H and O–H groups in total. The van der Waals surface area contributed by atoms with Crippen LogP contribution in [-0.2, 0) is 24.4 Å². The molecule has 4 rings (SSSR count). The van der Waals surface area contributed by atoms with Gasteiger partial charge in [-0.05, 0) is 36.1 Å². The van der Waals surface area contributed by atoms with Gasteiger partial charge in [-0.2, -0.15) is 0 Å². The Hall–Kier alpha value is -3.32. The predicted molar refractivity (Wildman–Crippen MR) is 130 cm³/mol. The number of imidazole rings is 1. The van der Waals surface area contributed by atoms with E-state index in [0.717, 1.165) is 43.5 Å². The molecule has 1 unspecified atom stereocenters. The number of nitrogens with zero attached hydrogens (tertiary/aromatic N) is 3. The zero-order chi connectivity index (χ0) is 22.9. The third-order valence-electron chi connectivity index (χ3n) is 5.80. The van der Waals surface area contributed by atoms with E-state index < -0.39 is 0 Å². The van der Waals surface area contributed by atoms with Crippen molar-refractivity contribution in [3.63, 3.8) is 0 Å². The molecule has 0 bridgehead atoms. The van der Waals surface area contributed by atoms with Crippen molar-refractivity contribution in [3.05, 3.63) is 83.4 Å². The average Bonchev–Trinajstić information content (AvgIpc) is 3.54. The number of hydrogen-bond donors (Lipinski definition) is 2. The van der Waals surface area contributed by atoms with Crippen LogP contribution in [-0.4, -0.2) is 42.4 Å². The van der Waals surface area contributed by atoms with Crippen molar-refractivity contribution < 1.29 is 9.47 Å². The van der Waals surface area contributed by atoms with Gasteiger partial charge < -0.3 is 24.7 Å². The molecular weight excluding hydrogens is 414 g/mol. The van der Waals surface area contributed by atoms with Gasteiger partial charge >= 0.3 is 0 Å². The van der Waals surface area contributed by atoms with Gasteiger partial charge in [-0.1, -0.05) is 36.4 Å². The summed E-state index contributed by atoms with van der Waals surface area (Å²) in [6.45, 7) is 6.58. The van der Waals surface area contributed by atoms with Crippen molar-refractivity contribution in [2.45, 2.75) is 33.0 Å². The fraction of sp³-hybridized carbons (Fsp3) is 0.385. The van der Waals surface area contributed by atoms with Gasteiger partial charge in [0.1, 0.15) is 5.75 Å². The summed E-state index contributed by atoms with van der Waals surface area (Å²) in [5.74, 6) is 2.17. The second-order valence-corrected chi connectivity index (χ2v) is 8.48. The highest BCUT2D eigenvalue weighted by Crippen LogP contribution is 2.22. The van der Waals surface area contributed by atoms with Crippen molar-refractivity contribution in [1.29, 1.82) is 0 Å². The zero-order valence-electron chi connectivity index (χ0n) is 19.5. The minimum absolute atomic E-state index is 0.479. The first kappa shape index (κ1) is 22.9. The van der Waals surface area contributed by atoms with Gasteiger partial charge in [-0.15, -0.1) is 0 Å². The van der Waals surface area contributed by atoms with Gasteiger partial charge in [0.25, 0.3) is 0 Å². The fourth-order valence-corrected chi connectivity index (χ4v) is 3.80. The van der Waals surface area contributed by atoms with E-state index in [1.54, 1.807) is 13.2 Å². The van der Waals surface area contributed by atoms with Crippen LogP contribution < -0.4 is 15.4 Å². The van der Waals surface area contributed by atoms with Crippen LogP contribution in [0, 0.1) is 12.8 Å². The molecule has 2 aromatic carbocycles. The second-order valence-electron chi connectivity index (χ2n) is 8.48. The molecule has 1 aliphatic rings. The van der Waals surface area contributed by atoms with Crippen molar-refractivity contribution in [2.75, 3.05) is 26.9 Å². The van der Waals surface area contributed by atoms with E-state index in [4.69, 9.17) is 9.47 Å². The van der Waals surface area contributed by atoms with Crippen molar-refractivity contribution in [1.82, 2.24) is 20.2 Å². The highest BCUT2D eigenvalue weighted by molar-refractivity contribution is 5.79. The molecule has 0 aliphatic carbocycles. The molecule has 0 spiro atoms. The fourth-order valence-electron chi connectivity index (χ4n) is 3.80. The summed E-state index contributed by atoms with van der Waals surface area (Å²) in [6, 6.07) is 14.9. The lowest BCUT2D eigenvalue weighted by Crippen LogP contribution is -2.36. The molecule has 0 amide bonds. The lowest BCUT2D eigenvalue weighted by molar-refractivity contribution is 0.166. The highest BCUT2D eigenvalue weighted by Gasteiger charge is 2.17. The second kappa shape index (κ2) is 11.5. The van der Waals surface area contributed by atoms with Gasteiger partial charge in [0.15, 0.2) is 5.96 Å². The predicted octanol–water partition coefficient (Wildman–Crippen LogP) is 3.52. The highest BCUT2D eigenvalue weighted by atomic mass is 16.5. The van der Waals surface area contributed by atoms with E-state index in [2.05, 4.69) is 74.6 Å². The van der Waals surface area contributed by atoms with Crippen LogP contribution in [0.2, 0.25) is 0 Å². The van der Waals surface area contributed by atoms with E-state index in [1.165, 1.54) is 16.7 Å². The summed E-state index contributed by atoms with van der Waals surface area (Å²) in [4.78, 5) is 8.46. The third kappa shape index (κ3) is 6.83. The van der Waals surface area contributed by atoms with Crippen LogP contribution in [0.4, 0.5) is 0 Å². The molecule has 0 radical (unpaired) electrons. The number of ether oxygens (including phenoxy) is 2. The molecule has 1 fully saturated rings. The summed E-state index contributed by atoms with van der Waals surface area (Å²) in [5.41, 5.74) is 4.75. The maximum atomic E-state index is 6.16. The quantitative estimate of drug-likeness (QED) is 0.388. The van der Waals surface area contributed by atoms with Gasteiger partial charge in [0.05, 0.1) is 19.5 Å². The van der Waals surface area contributed by atoms with Crippen LogP contribution in [0.15, 0.2) is 66.2 Å². The maximum Gasteiger partial charge on any atom is 0.191 e. The molecule has 174 valence electrons. The molecule has 1 aromatic heterocycles. The van der Waals surface area contributed by atoms with E-state index >= 15 is 0 Å². The molecule has 7 heteroatoms. The van der Waals surface area contributed by atoms with Gasteiger partial charge in [-0.25, -0.2) is 4.98 Å². The number of hydrogen-bond acceptors (Lipinski definition) is 4. The zero-order valence-corrected chi connectivity index (χ0v) is 19.5. The number of rotatable bonds is 9. The lowest BCUT2D eigenvalue weighted by Gasteiger charge is -2.17. The number of aryl methyl sites for hydroxylation is 1. The van der Waals surface area contributed by atoms with Crippen LogP contribution in [0.1, 0.15) is 28.7 Å². The monoisotopic (exact) mass is 447 g/mol. The molecule has 3 aromatic rings. The molecule has 33 heavy (non-hydrogen) atoms. The standard InChI is InChI=1S/C26H33N5O2/c1-20-3-8-24(25(13-20)33-18-23-9-12-32-17-23)15-30-26(27-2)29-14-21-4-6-22(7-5-21)16-31-11-10-28-19-31/h3-8,10-11,13,19,23H,9,12,14-18H2,1-2H3,(H2,27,29,30). The summed E-state index contributed by atoms with van der Waals surface area (Å²) >= 11 is 0. The Labute approximate surface area is 195 Å².